The quantitative estimate of drug-likeness (QED) is 0.420. The highest BCUT2D eigenvalue weighted by atomic mass is 32.2. The molecule has 1 aromatic heterocycles. The minimum atomic E-state index is -0.699. The predicted molar refractivity (Wildman–Crippen MR) is 134 cm³/mol. The van der Waals surface area contributed by atoms with Crippen molar-refractivity contribution in [3.05, 3.63) is 58.4 Å². The van der Waals surface area contributed by atoms with E-state index >= 15 is 0 Å². The molecule has 1 unspecified atom stereocenters. The number of hydrogen-bond donors (Lipinski definition) is 2. The van der Waals surface area contributed by atoms with Crippen LogP contribution in [0.4, 0.5) is 11.5 Å². The summed E-state index contributed by atoms with van der Waals surface area (Å²) in [5.41, 5.74) is 7.87. The number of primary amides is 1. The monoisotopic (exact) mass is 478 g/mol. The van der Waals surface area contributed by atoms with Crippen molar-refractivity contribution in [2.24, 2.45) is 5.73 Å². The molecule has 8 nitrogen and oxygen atoms in total. The minimum Gasteiger partial charge on any atom is -0.395 e. The number of thioether (sulfide) groups is 1. The van der Waals surface area contributed by atoms with Gasteiger partial charge >= 0.3 is 0 Å². The molecule has 3 N–H and O–H groups in total. The third-order valence-electron chi connectivity index (χ3n) is 6.23. The summed E-state index contributed by atoms with van der Waals surface area (Å²) in [6.45, 7) is 11.9. The topological polar surface area (TPSA) is 111 Å². The molecule has 2 heterocycles. The SMILES string of the molecule is [C-]#[N+]c1c(N2CCC(N(C)CCO)CC2)nc(SC(C(N)=O)c2ccccc2)c(C#N)c1CC. The first kappa shape index (κ1) is 25.5. The van der Waals surface area contributed by atoms with Crippen molar-refractivity contribution in [1.29, 1.82) is 5.26 Å². The number of rotatable bonds is 9. The second-order valence-corrected chi connectivity index (χ2v) is 9.35. The number of benzene rings is 1. The van der Waals surface area contributed by atoms with Crippen LogP contribution in [-0.2, 0) is 11.2 Å². The number of amides is 1. The lowest BCUT2D eigenvalue weighted by Gasteiger charge is -2.38. The lowest BCUT2D eigenvalue weighted by Crippen LogP contribution is -2.44. The largest absolute Gasteiger partial charge is 0.395 e. The maximum Gasteiger partial charge on any atom is 0.235 e. The molecule has 1 saturated heterocycles. The van der Waals surface area contributed by atoms with Gasteiger partial charge in [-0.25, -0.2) is 9.83 Å². The molecule has 0 spiro atoms. The van der Waals surface area contributed by atoms with Crippen molar-refractivity contribution >= 4 is 29.2 Å². The van der Waals surface area contributed by atoms with Gasteiger partial charge in [-0.3, -0.25) is 4.79 Å². The smallest absolute Gasteiger partial charge is 0.235 e. The molecule has 2 aromatic rings. The van der Waals surface area contributed by atoms with E-state index in [0.717, 1.165) is 18.4 Å². The van der Waals surface area contributed by atoms with Crippen LogP contribution in [0, 0.1) is 17.9 Å². The van der Waals surface area contributed by atoms with E-state index < -0.39 is 11.2 Å². The van der Waals surface area contributed by atoms with Crippen molar-refractivity contribution in [2.45, 2.75) is 42.5 Å². The number of nitriles is 1. The van der Waals surface area contributed by atoms with Gasteiger partial charge in [0.1, 0.15) is 22.2 Å². The maximum absolute atomic E-state index is 12.3. The molecule has 0 radical (unpaired) electrons. The first-order chi connectivity index (χ1) is 16.4. The minimum absolute atomic E-state index is 0.124. The van der Waals surface area contributed by atoms with E-state index in [-0.39, 0.29) is 6.61 Å². The molecule has 34 heavy (non-hydrogen) atoms. The van der Waals surface area contributed by atoms with Crippen LogP contribution in [0.2, 0.25) is 0 Å². The number of nitrogens with zero attached hydrogens (tertiary/aromatic N) is 5. The highest BCUT2D eigenvalue weighted by molar-refractivity contribution is 8.00. The van der Waals surface area contributed by atoms with Crippen molar-refractivity contribution in [3.63, 3.8) is 0 Å². The fourth-order valence-electron chi connectivity index (χ4n) is 4.36. The van der Waals surface area contributed by atoms with Gasteiger partial charge < -0.3 is 20.6 Å². The first-order valence-electron chi connectivity index (χ1n) is 11.4. The van der Waals surface area contributed by atoms with Gasteiger partial charge in [0.2, 0.25) is 11.6 Å². The Hall–Kier alpha value is -3.11. The zero-order chi connectivity index (χ0) is 24.7. The van der Waals surface area contributed by atoms with Crippen LogP contribution in [0.1, 0.15) is 41.7 Å². The lowest BCUT2D eigenvalue weighted by atomic mass is 10.0. The Morgan fingerprint density at radius 1 is 1.41 bits per heavy atom. The average molecular weight is 479 g/mol. The summed E-state index contributed by atoms with van der Waals surface area (Å²) in [5.74, 6) is 0.0522. The third kappa shape index (κ3) is 5.51. The van der Waals surface area contributed by atoms with Crippen LogP contribution in [0.25, 0.3) is 4.85 Å². The van der Waals surface area contributed by atoms with Crippen LogP contribution in [0.15, 0.2) is 35.4 Å². The summed E-state index contributed by atoms with van der Waals surface area (Å²) in [5, 5.41) is 18.9. The molecule has 0 saturated carbocycles. The van der Waals surface area contributed by atoms with Gasteiger partial charge in [0, 0.05) is 25.7 Å². The van der Waals surface area contributed by atoms with Crippen LogP contribution in [-0.4, -0.2) is 60.2 Å². The number of anilines is 1. The molecule has 0 bridgehead atoms. The fourth-order valence-corrected chi connectivity index (χ4v) is 5.42. The molecular weight excluding hydrogens is 448 g/mol. The van der Waals surface area contributed by atoms with Crippen LogP contribution >= 0.6 is 11.8 Å². The van der Waals surface area contributed by atoms with Gasteiger partial charge in [-0.1, -0.05) is 49.0 Å². The van der Waals surface area contributed by atoms with Gasteiger partial charge in [0.25, 0.3) is 0 Å². The molecule has 1 aliphatic heterocycles. The Labute approximate surface area is 205 Å². The third-order valence-corrected chi connectivity index (χ3v) is 7.49. The highest BCUT2D eigenvalue weighted by Crippen LogP contribution is 2.43. The molecule has 178 valence electrons. The van der Waals surface area contributed by atoms with E-state index in [1.165, 1.54) is 11.8 Å². The summed E-state index contributed by atoms with van der Waals surface area (Å²) < 4.78 is 0. The number of pyridine rings is 1. The molecule has 1 amide bonds. The Morgan fingerprint density at radius 2 is 2.09 bits per heavy atom. The highest BCUT2D eigenvalue weighted by Gasteiger charge is 2.29. The number of piperidine rings is 1. The van der Waals surface area contributed by atoms with Crippen LogP contribution in [0.5, 0.6) is 0 Å². The van der Waals surface area contributed by atoms with Crippen LogP contribution < -0.4 is 10.6 Å². The van der Waals surface area contributed by atoms with Crippen molar-refractivity contribution in [1.82, 2.24) is 9.88 Å². The molecule has 9 heteroatoms. The standard InChI is InChI=1S/C25H30N6O2S/c1-4-19-20(16-26)25(34-22(23(27)33)17-8-6-5-7-9-17)29-24(21(19)28-2)31-12-10-18(11-13-31)30(3)14-15-32/h5-9,18,22,32H,4,10-15H2,1,3H3,(H2,27,33). The molecule has 1 fully saturated rings. The Morgan fingerprint density at radius 3 is 2.62 bits per heavy atom. The molecule has 1 aromatic carbocycles. The second-order valence-electron chi connectivity index (χ2n) is 8.25. The van der Waals surface area contributed by atoms with E-state index in [4.69, 9.17) is 17.3 Å². The van der Waals surface area contributed by atoms with E-state index in [2.05, 4.69) is 20.7 Å². The Balaban J connectivity index is 2.00. The predicted octanol–water partition coefficient (Wildman–Crippen LogP) is 3.28. The van der Waals surface area contributed by atoms with Gasteiger partial charge in [-0.15, -0.1) is 0 Å². The number of likely N-dealkylation sites (N-methyl/N-ethyl adjacent to an activating group) is 1. The average Bonchev–Trinajstić information content (AvgIpc) is 2.86. The fraction of sp³-hybridized carbons (Fsp3) is 0.440. The number of hydrogen-bond acceptors (Lipinski definition) is 7. The number of aliphatic hydroxyl groups is 1. The van der Waals surface area contributed by atoms with Gasteiger partial charge in [0.15, 0.2) is 0 Å². The van der Waals surface area contributed by atoms with E-state index in [0.29, 0.717) is 59.8 Å². The summed E-state index contributed by atoms with van der Waals surface area (Å²) in [6, 6.07) is 11.8. The summed E-state index contributed by atoms with van der Waals surface area (Å²) in [7, 11) is 2.01. The molecule has 0 aliphatic carbocycles. The van der Waals surface area contributed by atoms with E-state index in [1.807, 2.05) is 44.3 Å². The normalized spacial score (nSPS) is 15.1. The second kappa shape index (κ2) is 11.8. The Bertz CT molecular complexity index is 1090. The lowest BCUT2D eigenvalue weighted by molar-refractivity contribution is -0.117. The maximum atomic E-state index is 12.3. The number of nitrogens with two attached hydrogens (primary N) is 1. The molecule has 1 aliphatic rings. The zero-order valence-electron chi connectivity index (χ0n) is 19.6. The molecular formula is C25H30N6O2S. The summed E-state index contributed by atoms with van der Waals surface area (Å²) >= 11 is 1.17. The number of aliphatic hydroxyl groups excluding tert-OH is 1. The first-order valence-corrected chi connectivity index (χ1v) is 12.2. The van der Waals surface area contributed by atoms with Crippen molar-refractivity contribution < 1.29 is 9.90 Å². The van der Waals surface area contributed by atoms with Crippen LogP contribution in [0.3, 0.4) is 0 Å². The number of aromatic nitrogens is 1. The van der Waals surface area contributed by atoms with E-state index in [9.17, 15) is 15.2 Å². The number of carbonyl (C=O) groups excluding carboxylic acids is 1. The van der Waals surface area contributed by atoms with Crippen molar-refractivity contribution in [2.75, 3.05) is 38.2 Å². The summed E-state index contributed by atoms with van der Waals surface area (Å²) in [4.78, 5) is 25.2. The van der Waals surface area contributed by atoms with E-state index in [1.54, 1.807) is 0 Å². The summed E-state index contributed by atoms with van der Waals surface area (Å²) in [6.07, 6.45) is 2.27. The zero-order valence-corrected chi connectivity index (χ0v) is 20.4. The van der Waals surface area contributed by atoms with Gasteiger partial charge in [-0.2, -0.15) is 5.26 Å². The van der Waals surface area contributed by atoms with Gasteiger partial charge in [-0.05, 0) is 37.4 Å². The number of carbonyl (C=O) groups is 1. The van der Waals surface area contributed by atoms with Gasteiger partial charge in [0.05, 0.1) is 18.7 Å². The van der Waals surface area contributed by atoms with Crippen molar-refractivity contribution in [3.8, 4) is 6.07 Å². The molecule has 1 atom stereocenters. The Kier molecular flexibility index (Phi) is 8.89. The molecule has 3 rings (SSSR count).